The van der Waals surface area contributed by atoms with Crippen LogP contribution in [0.3, 0.4) is 0 Å². The fraction of sp³-hybridized carbons (Fsp3) is 0.500. The maximum Gasteiger partial charge on any atom is 0.317 e. The molecule has 0 radical (unpaired) electrons. The normalized spacial score (nSPS) is 15.2. The van der Waals surface area contributed by atoms with Crippen LogP contribution in [0.25, 0.3) is 0 Å². The molecule has 0 atom stereocenters. The van der Waals surface area contributed by atoms with Crippen molar-refractivity contribution in [3.05, 3.63) is 24.5 Å². The van der Waals surface area contributed by atoms with Crippen LogP contribution in [0, 0.1) is 0 Å². The fourth-order valence-corrected chi connectivity index (χ4v) is 1.63. The number of aromatic nitrogens is 1. The van der Waals surface area contributed by atoms with Gasteiger partial charge >= 0.3 is 6.03 Å². The molecule has 0 aliphatic carbocycles. The minimum atomic E-state index is -0.00196. The van der Waals surface area contributed by atoms with Gasteiger partial charge in [-0.15, -0.1) is 0 Å². The highest BCUT2D eigenvalue weighted by Gasteiger charge is 2.31. The number of amides is 2. The van der Waals surface area contributed by atoms with E-state index in [-0.39, 0.29) is 12.1 Å². The molecule has 1 N–H and O–H groups in total. The zero-order valence-electron chi connectivity index (χ0n) is 9.93. The van der Waals surface area contributed by atoms with Crippen molar-refractivity contribution < 1.29 is 9.53 Å². The summed E-state index contributed by atoms with van der Waals surface area (Å²) in [7, 11) is 0. The molecule has 0 bridgehead atoms. The van der Waals surface area contributed by atoms with E-state index in [1.165, 1.54) is 0 Å². The van der Waals surface area contributed by atoms with Crippen molar-refractivity contribution >= 4 is 6.03 Å². The quantitative estimate of drug-likeness (QED) is 0.855. The topological polar surface area (TPSA) is 54.5 Å². The number of urea groups is 1. The van der Waals surface area contributed by atoms with Gasteiger partial charge in [0, 0.05) is 12.7 Å². The Balaban J connectivity index is 1.70. The Morgan fingerprint density at radius 3 is 3.12 bits per heavy atom. The number of pyridine rings is 1. The maximum atomic E-state index is 11.5. The summed E-state index contributed by atoms with van der Waals surface area (Å²) < 4.78 is 5.65. The number of carbonyl (C=O) groups excluding carboxylic acids is 1. The lowest BCUT2D eigenvalue weighted by molar-refractivity contribution is 0.0443. The van der Waals surface area contributed by atoms with Gasteiger partial charge in [0.2, 0.25) is 0 Å². The Bertz CT molecular complexity index is 363. The molecule has 0 saturated carbocycles. The largest absolute Gasteiger partial charge is 0.485 e. The molecule has 2 heterocycles. The summed E-state index contributed by atoms with van der Waals surface area (Å²) in [5, 5.41) is 2.84. The van der Waals surface area contributed by atoms with Crippen LogP contribution in [0.2, 0.25) is 0 Å². The van der Waals surface area contributed by atoms with Gasteiger partial charge in [0.1, 0.15) is 11.9 Å². The monoisotopic (exact) mass is 235 g/mol. The molecule has 5 heteroatoms. The molecule has 5 nitrogen and oxygen atoms in total. The predicted octanol–water partition coefficient (Wildman–Crippen LogP) is 1.26. The first kappa shape index (κ1) is 11.7. The van der Waals surface area contributed by atoms with Crippen molar-refractivity contribution in [3.8, 4) is 5.75 Å². The summed E-state index contributed by atoms with van der Waals surface area (Å²) in [4.78, 5) is 17.2. The molecule has 1 aromatic rings. The van der Waals surface area contributed by atoms with Gasteiger partial charge in [0.05, 0.1) is 19.3 Å². The van der Waals surface area contributed by atoms with E-state index in [2.05, 4.69) is 10.3 Å². The number of likely N-dealkylation sites (tertiary alicyclic amines) is 1. The minimum absolute atomic E-state index is 0.00196. The van der Waals surface area contributed by atoms with Gasteiger partial charge in [0.25, 0.3) is 0 Å². The van der Waals surface area contributed by atoms with Crippen molar-refractivity contribution in [1.82, 2.24) is 15.2 Å². The molecule has 1 aromatic heterocycles. The molecule has 2 rings (SSSR count). The highest BCUT2D eigenvalue weighted by Crippen LogP contribution is 2.16. The highest BCUT2D eigenvalue weighted by atomic mass is 16.5. The Kier molecular flexibility index (Phi) is 3.80. The Morgan fingerprint density at radius 1 is 1.65 bits per heavy atom. The Labute approximate surface area is 101 Å². The zero-order chi connectivity index (χ0) is 12.1. The van der Waals surface area contributed by atoms with Gasteiger partial charge in [-0.05, 0) is 18.6 Å². The molecule has 1 fully saturated rings. The first-order chi connectivity index (χ1) is 8.29. The van der Waals surface area contributed by atoms with Crippen LogP contribution >= 0.6 is 0 Å². The van der Waals surface area contributed by atoms with Crippen LogP contribution in [0.5, 0.6) is 5.75 Å². The first-order valence-electron chi connectivity index (χ1n) is 5.89. The molecule has 17 heavy (non-hydrogen) atoms. The van der Waals surface area contributed by atoms with E-state index in [0.717, 1.165) is 18.7 Å². The molecular formula is C12H17N3O2. The van der Waals surface area contributed by atoms with Gasteiger partial charge in [-0.25, -0.2) is 4.79 Å². The number of ether oxygens (including phenoxy) is 1. The molecule has 2 amide bonds. The molecule has 0 spiro atoms. The van der Waals surface area contributed by atoms with Gasteiger partial charge < -0.3 is 15.0 Å². The number of hydrogen-bond acceptors (Lipinski definition) is 3. The number of carbonyl (C=O) groups is 1. The highest BCUT2D eigenvalue weighted by molar-refractivity contribution is 5.75. The van der Waals surface area contributed by atoms with E-state index in [4.69, 9.17) is 4.74 Å². The van der Waals surface area contributed by atoms with Crippen molar-refractivity contribution in [2.75, 3.05) is 19.6 Å². The smallest absolute Gasteiger partial charge is 0.317 e. The van der Waals surface area contributed by atoms with Crippen molar-refractivity contribution in [1.29, 1.82) is 0 Å². The van der Waals surface area contributed by atoms with Gasteiger partial charge in [-0.3, -0.25) is 4.98 Å². The summed E-state index contributed by atoms with van der Waals surface area (Å²) in [5.41, 5.74) is 0. The van der Waals surface area contributed by atoms with Crippen molar-refractivity contribution in [2.24, 2.45) is 0 Å². The van der Waals surface area contributed by atoms with Crippen LogP contribution in [0.4, 0.5) is 4.79 Å². The second kappa shape index (κ2) is 5.52. The summed E-state index contributed by atoms with van der Waals surface area (Å²) in [6.07, 6.45) is 4.43. The molecule has 0 aromatic carbocycles. The van der Waals surface area contributed by atoms with E-state index in [1.54, 1.807) is 17.3 Å². The molecule has 1 aliphatic rings. The average Bonchev–Trinajstić information content (AvgIpc) is 2.31. The van der Waals surface area contributed by atoms with Crippen LogP contribution in [-0.2, 0) is 0 Å². The van der Waals surface area contributed by atoms with E-state index in [1.807, 2.05) is 19.1 Å². The lowest BCUT2D eigenvalue weighted by atomic mass is 10.2. The summed E-state index contributed by atoms with van der Waals surface area (Å²) in [5.74, 6) is 0.756. The lowest BCUT2D eigenvalue weighted by Gasteiger charge is -2.38. The molecule has 1 saturated heterocycles. The minimum Gasteiger partial charge on any atom is -0.485 e. The molecule has 1 aliphatic heterocycles. The standard InChI is InChI=1S/C12H17N3O2/c1-2-5-14-12(16)15-8-11(9-15)17-10-4-3-6-13-7-10/h3-4,6-7,11H,2,5,8-9H2,1H3,(H,14,16). The van der Waals surface area contributed by atoms with Gasteiger partial charge in [-0.2, -0.15) is 0 Å². The Morgan fingerprint density at radius 2 is 2.47 bits per heavy atom. The summed E-state index contributed by atoms with van der Waals surface area (Å²) in [6, 6.07) is 3.70. The fourth-order valence-electron chi connectivity index (χ4n) is 1.63. The number of hydrogen-bond donors (Lipinski definition) is 1. The second-order valence-electron chi connectivity index (χ2n) is 4.07. The van der Waals surface area contributed by atoms with Crippen LogP contribution < -0.4 is 10.1 Å². The van der Waals surface area contributed by atoms with E-state index < -0.39 is 0 Å². The Hall–Kier alpha value is -1.78. The van der Waals surface area contributed by atoms with Crippen LogP contribution in [0.15, 0.2) is 24.5 Å². The third-order valence-electron chi connectivity index (χ3n) is 2.60. The maximum absolute atomic E-state index is 11.5. The van der Waals surface area contributed by atoms with Gasteiger partial charge in [-0.1, -0.05) is 6.92 Å². The van der Waals surface area contributed by atoms with Crippen LogP contribution in [0.1, 0.15) is 13.3 Å². The van der Waals surface area contributed by atoms with E-state index in [9.17, 15) is 4.79 Å². The zero-order valence-corrected chi connectivity index (χ0v) is 9.93. The van der Waals surface area contributed by atoms with E-state index >= 15 is 0 Å². The summed E-state index contributed by atoms with van der Waals surface area (Å²) in [6.45, 7) is 4.04. The second-order valence-corrected chi connectivity index (χ2v) is 4.07. The van der Waals surface area contributed by atoms with Gasteiger partial charge in [0.15, 0.2) is 0 Å². The SMILES string of the molecule is CCCNC(=O)N1CC(Oc2cccnc2)C1. The van der Waals surface area contributed by atoms with Crippen molar-refractivity contribution in [2.45, 2.75) is 19.4 Å². The molecular weight excluding hydrogens is 218 g/mol. The average molecular weight is 235 g/mol. The molecule has 0 unspecified atom stereocenters. The lowest BCUT2D eigenvalue weighted by Crippen LogP contribution is -2.58. The van der Waals surface area contributed by atoms with Crippen LogP contribution in [-0.4, -0.2) is 41.7 Å². The first-order valence-corrected chi connectivity index (χ1v) is 5.89. The number of nitrogens with zero attached hydrogens (tertiary/aromatic N) is 2. The third kappa shape index (κ3) is 3.09. The van der Waals surface area contributed by atoms with Crippen molar-refractivity contribution in [3.63, 3.8) is 0 Å². The third-order valence-corrected chi connectivity index (χ3v) is 2.60. The summed E-state index contributed by atoms with van der Waals surface area (Å²) >= 11 is 0. The molecule has 92 valence electrons. The predicted molar refractivity (Wildman–Crippen MR) is 63.9 cm³/mol. The van der Waals surface area contributed by atoms with E-state index in [0.29, 0.717) is 13.1 Å². The number of nitrogens with one attached hydrogen (secondary N) is 1. The number of rotatable bonds is 4.